The molecule has 0 aromatic heterocycles. The van der Waals surface area contributed by atoms with Gasteiger partial charge in [0.05, 0.1) is 17.3 Å². The average Bonchev–Trinajstić information content (AvgIpc) is 3.43. The summed E-state index contributed by atoms with van der Waals surface area (Å²) < 4.78 is 0. The standard InChI is InChI=1S/C25H26N4O5/c1-16(17-9-3-2-4-10-17)26-22(31)19-13-7-8-14-20(19)27-21(30)15-28-23(32)24(33)29(25(28)34)18-11-5-6-12-18/h2-4,7-10,13-14,16,18H,5-6,11-12,15H2,1H3,(H,26,31)(H,27,30). The molecule has 0 radical (unpaired) electrons. The summed E-state index contributed by atoms with van der Waals surface area (Å²) in [4.78, 5) is 64.6. The fourth-order valence-corrected chi connectivity index (χ4v) is 4.37. The van der Waals surface area contributed by atoms with Crippen molar-refractivity contribution < 1.29 is 24.0 Å². The van der Waals surface area contributed by atoms with Crippen molar-refractivity contribution in [3.05, 3.63) is 65.7 Å². The van der Waals surface area contributed by atoms with Crippen LogP contribution in [0.3, 0.4) is 0 Å². The summed E-state index contributed by atoms with van der Waals surface area (Å²) in [6.45, 7) is 1.25. The highest BCUT2D eigenvalue weighted by Gasteiger charge is 2.48. The first-order valence-corrected chi connectivity index (χ1v) is 11.3. The maximum Gasteiger partial charge on any atom is 0.334 e. The molecular weight excluding hydrogens is 436 g/mol. The first-order valence-electron chi connectivity index (χ1n) is 11.3. The lowest BCUT2D eigenvalue weighted by Crippen LogP contribution is -2.41. The van der Waals surface area contributed by atoms with Gasteiger partial charge in [0.1, 0.15) is 6.54 Å². The van der Waals surface area contributed by atoms with Crippen LogP contribution in [0.5, 0.6) is 0 Å². The largest absolute Gasteiger partial charge is 0.345 e. The smallest absolute Gasteiger partial charge is 0.334 e. The van der Waals surface area contributed by atoms with E-state index in [9.17, 15) is 24.0 Å². The molecule has 9 nitrogen and oxygen atoms in total. The number of amides is 6. The lowest BCUT2D eigenvalue weighted by molar-refractivity contribution is -0.144. The van der Waals surface area contributed by atoms with Gasteiger partial charge in [0.15, 0.2) is 0 Å². The number of benzene rings is 2. The molecule has 1 atom stereocenters. The van der Waals surface area contributed by atoms with Gasteiger partial charge in [0.25, 0.3) is 5.91 Å². The number of urea groups is 1. The Balaban J connectivity index is 1.43. The molecule has 0 bridgehead atoms. The molecule has 176 valence electrons. The number of nitrogens with one attached hydrogen (secondary N) is 2. The Hall–Kier alpha value is -4.01. The van der Waals surface area contributed by atoms with Gasteiger partial charge in [-0.25, -0.2) is 9.69 Å². The number of hydrogen-bond acceptors (Lipinski definition) is 5. The third kappa shape index (κ3) is 4.68. The highest BCUT2D eigenvalue weighted by molar-refractivity contribution is 6.45. The average molecular weight is 463 g/mol. The van der Waals surface area contributed by atoms with Gasteiger partial charge in [-0.15, -0.1) is 0 Å². The third-order valence-corrected chi connectivity index (χ3v) is 6.17. The van der Waals surface area contributed by atoms with Crippen LogP contribution in [0.4, 0.5) is 10.5 Å². The molecule has 2 aliphatic rings. The maximum absolute atomic E-state index is 12.9. The number of rotatable bonds is 7. The molecule has 1 aliphatic carbocycles. The molecule has 6 amide bonds. The highest BCUT2D eigenvalue weighted by Crippen LogP contribution is 2.28. The fourth-order valence-electron chi connectivity index (χ4n) is 4.37. The Morgan fingerprint density at radius 1 is 0.941 bits per heavy atom. The van der Waals surface area contributed by atoms with E-state index in [1.807, 2.05) is 37.3 Å². The van der Waals surface area contributed by atoms with Crippen molar-refractivity contribution in [2.75, 3.05) is 11.9 Å². The number of nitrogens with zero attached hydrogens (tertiary/aromatic N) is 2. The summed E-state index contributed by atoms with van der Waals surface area (Å²) in [5.41, 5.74) is 1.41. The molecule has 2 fully saturated rings. The number of anilines is 1. The number of hydrogen-bond donors (Lipinski definition) is 2. The van der Waals surface area contributed by atoms with Gasteiger partial charge in [0.2, 0.25) is 5.91 Å². The quantitative estimate of drug-likeness (QED) is 0.485. The SMILES string of the molecule is CC(NC(=O)c1ccccc1NC(=O)CN1C(=O)C(=O)N(C2CCCC2)C1=O)c1ccccc1. The summed E-state index contributed by atoms with van der Waals surface area (Å²) in [6, 6.07) is 14.6. The molecule has 1 heterocycles. The van der Waals surface area contributed by atoms with Crippen LogP contribution < -0.4 is 10.6 Å². The molecule has 2 aromatic carbocycles. The van der Waals surface area contributed by atoms with Gasteiger partial charge in [-0.3, -0.25) is 24.1 Å². The van der Waals surface area contributed by atoms with Gasteiger partial charge >= 0.3 is 17.8 Å². The monoisotopic (exact) mass is 462 g/mol. The second-order valence-corrected chi connectivity index (χ2v) is 8.49. The van der Waals surface area contributed by atoms with Gasteiger partial charge < -0.3 is 10.6 Å². The van der Waals surface area contributed by atoms with Crippen LogP contribution in [0.15, 0.2) is 54.6 Å². The topological polar surface area (TPSA) is 116 Å². The molecule has 2 N–H and O–H groups in total. The van der Waals surface area contributed by atoms with E-state index in [1.54, 1.807) is 24.3 Å². The number of carbonyl (C=O) groups excluding carboxylic acids is 5. The normalized spacial score (nSPS) is 17.3. The summed E-state index contributed by atoms with van der Waals surface area (Å²) in [5.74, 6) is -2.96. The van der Waals surface area contributed by atoms with E-state index in [4.69, 9.17) is 0 Å². The Kier molecular flexibility index (Phi) is 6.72. The lowest BCUT2D eigenvalue weighted by atomic mass is 10.1. The molecule has 1 aliphatic heterocycles. The van der Waals surface area contributed by atoms with Crippen molar-refractivity contribution in [2.45, 2.75) is 44.7 Å². The predicted molar refractivity (Wildman–Crippen MR) is 124 cm³/mol. The lowest BCUT2D eigenvalue weighted by Gasteiger charge is -2.21. The summed E-state index contributed by atoms with van der Waals surface area (Å²) in [7, 11) is 0. The van der Waals surface area contributed by atoms with Crippen molar-refractivity contribution in [2.24, 2.45) is 0 Å². The molecule has 2 aromatic rings. The van der Waals surface area contributed by atoms with Crippen LogP contribution in [-0.2, 0) is 14.4 Å². The third-order valence-electron chi connectivity index (χ3n) is 6.17. The van der Waals surface area contributed by atoms with Crippen molar-refractivity contribution in [1.29, 1.82) is 0 Å². The van der Waals surface area contributed by atoms with Crippen LogP contribution in [0, 0.1) is 0 Å². The number of para-hydroxylation sites is 1. The van der Waals surface area contributed by atoms with Crippen molar-refractivity contribution in [3.63, 3.8) is 0 Å². The maximum atomic E-state index is 12.9. The minimum atomic E-state index is -1.00. The van der Waals surface area contributed by atoms with Crippen molar-refractivity contribution in [1.82, 2.24) is 15.1 Å². The van der Waals surface area contributed by atoms with E-state index < -0.39 is 30.3 Å². The van der Waals surface area contributed by atoms with Crippen molar-refractivity contribution in [3.8, 4) is 0 Å². The van der Waals surface area contributed by atoms with Crippen LogP contribution in [-0.4, -0.2) is 52.0 Å². The number of imide groups is 2. The van der Waals surface area contributed by atoms with E-state index in [0.29, 0.717) is 17.7 Å². The Morgan fingerprint density at radius 2 is 1.59 bits per heavy atom. The van der Waals surface area contributed by atoms with Gasteiger partial charge in [-0.05, 0) is 37.5 Å². The minimum Gasteiger partial charge on any atom is -0.345 e. The zero-order valence-corrected chi connectivity index (χ0v) is 18.8. The highest BCUT2D eigenvalue weighted by atomic mass is 16.2. The fraction of sp³-hybridized carbons (Fsp3) is 0.320. The van der Waals surface area contributed by atoms with E-state index in [2.05, 4.69) is 10.6 Å². The summed E-state index contributed by atoms with van der Waals surface area (Å²) >= 11 is 0. The number of carbonyl (C=O) groups is 5. The van der Waals surface area contributed by atoms with Crippen LogP contribution in [0.2, 0.25) is 0 Å². The van der Waals surface area contributed by atoms with E-state index in [1.165, 1.54) is 0 Å². The predicted octanol–water partition coefficient (Wildman–Crippen LogP) is 2.85. The molecule has 9 heteroatoms. The Morgan fingerprint density at radius 3 is 2.29 bits per heavy atom. The zero-order valence-electron chi connectivity index (χ0n) is 18.8. The zero-order chi connectivity index (χ0) is 24.2. The second-order valence-electron chi connectivity index (χ2n) is 8.49. The molecule has 4 rings (SSSR count). The van der Waals surface area contributed by atoms with Gasteiger partial charge in [-0.2, -0.15) is 0 Å². The van der Waals surface area contributed by atoms with Gasteiger partial charge in [0, 0.05) is 6.04 Å². The van der Waals surface area contributed by atoms with E-state index >= 15 is 0 Å². The first-order chi connectivity index (χ1) is 16.4. The van der Waals surface area contributed by atoms with Crippen molar-refractivity contribution >= 4 is 35.3 Å². The Labute approximate surface area is 197 Å². The Bertz CT molecular complexity index is 1130. The van der Waals surface area contributed by atoms with Crippen LogP contribution in [0.1, 0.15) is 54.6 Å². The molecule has 0 spiro atoms. The van der Waals surface area contributed by atoms with Crippen LogP contribution in [0.25, 0.3) is 0 Å². The van der Waals surface area contributed by atoms with Gasteiger partial charge in [-0.1, -0.05) is 55.3 Å². The summed E-state index contributed by atoms with van der Waals surface area (Å²) in [5, 5.41) is 5.49. The molecule has 1 saturated carbocycles. The molecular formula is C25H26N4O5. The first kappa shape index (κ1) is 23.2. The minimum absolute atomic E-state index is 0.237. The molecule has 1 saturated heterocycles. The second kappa shape index (κ2) is 9.86. The van der Waals surface area contributed by atoms with E-state index in [0.717, 1.165) is 23.3 Å². The van der Waals surface area contributed by atoms with E-state index in [-0.39, 0.29) is 29.2 Å². The summed E-state index contributed by atoms with van der Waals surface area (Å²) in [6.07, 6.45) is 3.10. The van der Waals surface area contributed by atoms with Crippen LogP contribution >= 0.6 is 0 Å². The molecule has 34 heavy (non-hydrogen) atoms. The molecule has 1 unspecified atom stereocenters.